The van der Waals surface area contributed by atoms with E-state index in [-0.39, 0.29) is 12.6 Å². The molecule has 0 aromatic heterocycles. The van der Waals surface area contributed by atoms with Crippen LogP contribution in [0.15, 0.2) is 42.5 Å². The summed E-state index contributed by atoms with van der Waals surface area (Å²) in [6.07, 6.45) is 2.52. The molecule has 2 aliphatic rings. The van der Waals surface area contributed by atoms with E-state index >= 15 is 0 Å². The van der Waals surface area contributed by atoms with Crippen LogP contribution in [0, 0.1) is 0 Å². The molecule has 4 nitrogen and oxygen atoms in total. The van der Waals surface area contributed by atoms with Gasteiger partial charge in [-0.05, 0) is 48.4 Å². The van der Waals surface area contributed by atoms with Gasteiger partial charge in [0.25, 0.3) is 0 Å². The van der Waals surface area contributed by atoms with Crippen molar-refractivity contribution >= 4 is 23.1 Å². The van der Waals surface area contributed by atoms with E-state index in [4.69, 9.17) is 21.1 Å². The normalized spacial score (nSPS) is 16.8. The topological polar surface area (TPSA) is 47.6 Å². The average Bonchev–Trinajstić information content (AvgIpc) is 3.01. The summed E-state index contributed by atoms with van der Waals surface area (Å²) >= 11 is 5.86. The van der Waals surface area contributed by atoms with E-state index in [0.29, 0.717) is 10.6 Å². The Morgan fingerprint density at radius 1 is 1.13 bits per heavy atom. The third-order valence-electron chi connectivity index (χ3n) is 4.00. The monoisotopic (exact) mass is 327 g/mol. The lowest BCUT2D eigenvalue weighted by atomic mass is 9.96. The molecule has 0 radical (unpaired) electrons. The summed E-state index contributed by atoms with van der Waals surface area (Å²) in [5.41, 5.74) is 3.56. The van der Waals surface area contributed by atoms with E-state index in [1.54, 1.807) is 30.3 Å². The van der Waals surface area contributed by atoms with Crippen molar-refractivity contribution in [1.29, 1.82) is 0 Å². The van der Waals surface area contributed by atoms with Crippen LogP contribution in [0.1, 0.15) is 21.5 Å². The Kier molecular flexibility index (Phi) is 3.46. The molecule has 4 rings (SSSR count). The molecule has 116 valence electrons. The van der Waals surface area contributed by atoms with Crippen LogP contribution in [0.3, 0.4) is 0 Å². The third kappa shape index (κ3) is 2.66. The molecule has 0 aliphatic carbocycles. The van der Waals surface area contributed by atoms with Gasteiger partial charge in [0, 0.05) is 34.5 Å². The smallest absolute Gasteiger partial charge is 0.231 e. The van der Waals surface area contributed by atoms with Crippen molar-refractivity contribution in [1.82, 2.24) is 5.32 Å². The van der Waals surface area contributed by atoms with Crippen molar-refractivity contribution < 1.29 is 14.3 Å². The van der Waals surface area contributed by atoms with Gasteiger partial charge >= 0.3 is 0 Å². The first kappa shape index (κ1) is 14.2. The van der Waals surface area contributed by atoms with Crippen molar-refractivity contribution in [3.63, 3.8) is 0 Å². The van der Waals surface area contributed by atoms with Gasteiger partial charge in [0.15, 0.2) is 17.3 Å². The number of hydrogen-bond acceptors (Lipinski definition) is 4. The Morgan fingerprint density at radius 3 is 2.65 bits per heavy atom. The number of ether oxygens (including phenoxy) is 2. The first-order valence-electron chi connectivity index (χ1n) is 7.39. The van der Waals surface area contributed by atoms with Crippen molar-refractivity contribution in [3.05, 3.63) is 64.2 Å². The lowest BCUT2D eigenvalue weighted by Crippen LogP contribution is -2.23. The molecule has 0 atom stereocenters. The minimum Gasteiger partial charge on any atom is -0.454 e. The third-order valence-corrected chi connectivity index (χ3v) is 4.25. The van der Waals surface area contributed by atoms with E-state index in [9.17, 15) is 4.79 Å². The van der Waals surface area contributed by atoms with Crippen molar-refractivity contribution in [2.24, 2.45) is 0 Å². The molecule has 0 spiro atoms. The highest BCUT2D eigenvalue weighted by molar-refractivity contribution is 6.30. The largest absolute Gasteiger partial charge is 0.454 e. The molecular weight excluding hydrogens is 314 g/mol. The number of ketones is 1. The maximum Gasteiger partial charge on any atom is 0.231 e. The van der Waals surface area contributed by atoms with E-state index in [1.807, 2.05) is 12.1 Å². The van der Waals surface area contributed by atoms with Crippen LogP contribution < -0.4 is 14.8 Å². The van der Waals surface area contributed by atoms with Gasteiger partial charge in [-0.1, -0.05) is 11.6 Å². The Labute approximate surface area is 138 Å². The number of halogens is 1. The number of nitrogens with one attached hydrogen (secondary N) is 1. The number of allylic oxidation sites excluding steroid dienone is 1. The number of fused-ring (bicyclic) bond motifs is 2. The SMILES string of the molecule is O=C(C=C1NCCc2cc3c(cc21)OCO3)c1ccc(Cl)cc1. The van der Waals surface area contributed by atoms with Gasteiger partial charge in [0.1, 0.15) is 0 Å². The van der Waals surface area contributed by atoms with Crippen LogP contribution in [0.4, 0.5) is 0 Å². The van der Waals surface area contributed by atoms with Gasteiger partial charge in [0.05, 0.1) is 0 Å². The van der Waals surface area contributed by atoms with E-state index in [2.05, 4.69) is 5.32 Å². The summed E-state index contributed by atoms with van der Waals surface area (Å²) in [4.78, 5) is 12.5. The van der Waals surface area contributed by atoms with Crippen molar-refractivity contribution in [2.75, 3.05) is 13.3 Å². The molecule has 0 unspecified atom stereocenters. The Bertz CT molecular complexity index is 812. The molecule has 2 aromatic carbocycles. The Hall–Kier alpha value is -2.46. The fourth-order valence-corrected chi connectivity index (χ4v) is 2.95. The number of carbonyl (C=O) groups is 1. The summed E-state index contributed by atoms with van der Waals surface area (Å²) < 4.78 is 10.9. The molecule has 0 fully saturated rings. The van der Waals surface area contributed by atoms with Crippen LogP contribution in [0.2, 0.25) is 5.02 Å². The highest BCUT2D eigenvalue weighted by atomic mass is 35.5. The predicted octanol–water partition coefficient (Wildman–Crippen LogP) is 3.44. The standard InChI is InChI=1S/C18H14ClNO3/c19-13-3-1-11(2-4-13)16(21)9-15-14-8-18-17(22-10-23-18)7-12(14)5-6-20-15/h1-4,7-9,20H,5-6,10H2. The second-order valence-electron chi connectivity index (χ2n) is 5.47. The zero-order valence-electron chi connectivity index (χ0n) is 12.3. The molecule has 2 aromatic rings. The van der Waals surface area contributed by atoms with Gasteiger partial charge < -0.3 is 14.8 Å². The number of carbonyl (C=O) groups excluding carboxylic acids is 1. The molecule has 0 saturated carbocycles. The predicted molar refractivity (Wildman–Crippen MR) is 88.0 cm³/mol. The van der Waals surface area contributed by atoms with E-state index in [1.165, 1.54) is 0 Å². The molecule has 2 aliphatic heterocycles. The van der Waals surface area contributed by atoms with Crippen molar-refractivity contribution in [3.8, 4) is 11.5 Å². The average molecular weight is 328 g/mol. The van der Waals surface area contributed by atoms with Crippen LogP contribution in [-0.2, 0) is 6.42 Å². The van der Waals surface area contributed by atoms with Gasteiger partial charge in [-0.25, -0.2) is 0 Å². The second kappa shape index (κ2) is 5.63. The number of hydrogen-bond donors (Lipinski definition) is 1. The van der Waals surface area contributed by atoms with Gasteiger partial charge in [-0.15, -0.1) is 0 Å². The summed E-state index contributed by atoms with van der Waals surface area (Å²) in [5, 5.41) is 3.91. The minimum atomic E-state index is -0.0605. The second-order valence-corrected chi connectivity index (χ2v) is 5.90. The van der Waals surface area contributed by atoms with Gasteiger partial charge in [0.2, 0.25) is 6.79 Å². The first-order chi connectivity index (χ1) is 11.2. The number of rotatable bonds is 2. The molecule has 23 heavy (non-hydrogen) atoms. The van der Waals surface area contributed by atoms with Gasteiger partial charge in [-0.2, -0.15) is 0 Å². The van der Waals surface area contributed by atoms with Crippen LogP contribution >= 0.6 is 11.6 Å². The highest BCUT2D eigenvalue weighted by Gasteiger charge is 2.22. The maximum atomic E-state index is 12.5. The summed E-state index contributed by atoms with van der Waals surface area (Å²) in [5.74, 6) is 1.43. The fourth-order valence-electron chi connectivity index (χ4n) is 2.83. The lowest BCUT2D eigenvalue weighted by molar-refractivity contribution is 0.104. The highest BCUT2D eigenvalue weighted by Crippen LogP contribution is 2.38. The molecule has 1 N–H and O–H groups in total. The van der Waals surface area contributed by atoms with Crippen molar-refractivity contribution in [2.45, 2.75) is 6.42 Å². The first-order valence-corrected chi connectivity index (χ1v) is 7.77. The van der Waals surface area contributed by atoms with Crippen LogP contribution in [0.5, 0.6) is 11.5 Å². The zero-order valence-corrected chi connectivity index (χ0v) is 13.0. The summed E-state index contributed by atoms with van der Waals surface area (Å²) in [6, 6.07) is 10.8. The van der Waals surface area contributed by atoms with E-state index in [0.717, 1.165) is 41.3 Å². The van der Waals surface area contributed by atoms with Crippen LogP contribution in [-0.4, -0.2) is 19.1 Å². The van der Waals surface area contributed by atoms with E-state index < -0.39 is 0 Å². The molecule has 2 heterocycles. The molecule has 0 bridgehead atoms. The van der Waals surface area contributed by atoms with Gasteiger partial charge in [-0.3, -0.25) is 4.79 Å². The lowest BCUT2D eigenvalue weighted by Gasteiger charge is -2.21. The minimum absolute atomic E-state index is 0.0605. The maximum absolute atomic E-state index is 12.5. The number of benzene rings is 2. The molecular formula is C18H14ClNO3. The quantitative estimate of drug-likeness (QED) is 0.678. The van der Waals surface area contributed by atoms with Crippen LogP contribution in [0.25, 0.3) is 5.70 Å². The Morgan fingerprint density at radius 2 is 1.87 bits per heavy atom. The molecule has 5 heteroatoms. The molecule has 0 saturated heterocycles. The summed E-state index contributed by atoms with van der Waals surface area (Å²) in [7, 11) is 0. The molecule has 0 amide bonds. The fraction of sp³-hybridized carbons (Fsp3) is 0.167. The zero-order chi connectivity index (χ0) is 15.8. The summed E-state index contributed by atoms with van der Waals surface area (Å²) in [6.45, 7) is 1.03. The Balaban J connectivity index is 1.71.